The molecule has 2 aromatic rings. The van der Waals surface area contributed by atoms with E-state index in [2.05, 4.69) is 43.0 Å². The number of piperazine rings is 1. The second-order valence-corrected chi connectivity index (χ2v) is 11.4. The molecule has 0 saturated carbocycles. The van der Waals surface area contributed by atoms with Gasteiger partial charge in [0, 0.05) is 50.4 Å². The second-order valence-electron chi connectivity index (χ2n) is 8.28. The van der Waals surface area contributed by atoms with E-state index in [1.54, 1.807) is 17.5 Å². The molecular formula is C22H29N3O3S2. The third-order valence-corrected chi connectivity index (χ3v) is 9.44. The van der Waals surface area contributed by atoms with E-state index in [9.17, 15) is 13.2 Å². The average Bonchev–Trinajstić information content (AvgIpc) is 3.29. The Balaban J connectivity index is 1.34. The van der Waals surface area contributed by atoms with Gasteiger partial charge in [0.25, 0.3) is 10.0 Å². The number of nitrogens with zero attached hydrogens (tertiary/aromatic N) is 3. The lowest BCUT2D eigenvalue weighted by atomic mass is 9.95. The van der Waals surface area contributed by atoms with Gasteiger partial charge in [0.15, 0.2) is 0 Å². The number of anilines is 1. The van der Waals surface area contributed by atoms with Gasteiger partial charge in [0.1, 0.15) is 4.21 Å². The molecule has 0 spiro atoms. The largest absolute Gasteiger partial charge is 0.365 e. The zero-order valence-electron chi connectivity index (χ0n) is 17.5. The summed E-state index contributed by atoms with van der Waals surface area (Å²) in [5.74, 6) is 0.0939. The van der Waals surface area contributed by atoms with Crippen molar-refractivity contribution >= 4 is 33.0 Å². The van der Waals surface area contributed by atoms with E-state index >= 15 is 0 Å². The minimum Gasteiger partial charge on any atom is -0.365 e. The molecule has 1 aromatic heterocycles. The van der Waals surface area contributed by atoms with Crippen LogP contribution in [0.2, 0.25) is 0 Å². The first kappa shape index (κ1) is 21.3. The summed E-state index contributed by atoms with van der Waals surface area (Å²) in [6.45, 7) is 7.33. The maximum atomic E-state index is 13.1. The van der Waals surface area contributed by atoms with E-state index < -0.39 is 10.0 Å². The fraction of sp³-hybridized carbons (Fsp3) is 0.500. The van der Waals surface area contributed by atoms with Crippen LogP contribution in [-0.2, 0) is 14.8 Å². The van der Waals surface area contributed by atoms with Gasteiger partial charge in [-0.05, 0) is 55.8 Å². The van der Waals surface area contributed by atoms with Crippen LogP contribution < -0.4 is 4.90 Å². The summed E-state index contributed by atoms with van der Waals surface area (Å²) in [4.78, 5) is 17.5. The van der Waals surface area contributed by atoms with Crippen molar-refractivity contribution in [1.82, 2.24) is 9.21 Å². The maximum Gasteiger partial charge on any atom is 0.252 e. The van der Waals surface area contributed by atoms with Gasteiger partial charge in [-0.2, -0.15) is 4.31 Å². The van der Waals surface area contributed by atoms with Gasteiger partial charge in [0.05, 0.1) is 0 Å². The molecule has 3 heterocycles. The van der Waals surface area contributed by atoms with Crippen molar-refractivity contribution in [3.05, 3.63) is 47.3 Å². The van der Waals surface area contributed by atoms with Crippen LogP contribution in [0.4, 0.5) is 5.69 Å². The monoisotopic (exact) mass is 447 g/mol. The molecule has 2 aliphatic heterocycles. The molecule has 0 aliphatic carbocycles. The topological polar surface area (TPSA) is 60.9 Å². The highest BCUT2D eigenvalue weighted by Gasteiger charge is 2.36. The highest BCUT2D eigenvalue weighted by molar-refractivity contribution is 7.91. The van der Waals surface area contributed by atoms with E-state index in [1.165, 1.54) is 26.9 Å². The molecule has 1 amide bonds. The molecule has 1 aromatic carbocycles. The number of thiophene rings is 1. The Hall–Kier alpha value is -1.90. The maximum absolute atomic E-state index is 13.1. The Kier molecular flexibility index (Phi) is 6.18. The van der Waals surface area contributed by atoms with E-state index in [4.69, 9.17) is 0 Å². The van der Waals surface area contributed by atoms with Gasteiger partial charge in [-0.3, -0.25) is 4.79 Å². The fourth-order valence-corrected chi connectivity index (χ4v) is 7.10. The van der Waals surface area contributed by atoms with Crippen LogP contribution in [-0.4, -0.2) is 62.3 Å². The average molecular weight is 448 g/mol. The van der Waals surface area contributed by atoms with E-state index in [1.807, 2.05) is 4.90 Å². The molecule has 4 rings (SSSR count). The van der Waals surface area contributed by atoms with E-state index in [0.717, 1.165) is 6.54 Å². The van der Waals surface area contributed by atoms with Crippen LogP contribution in [0.25, 0.3) is 0 Å². The summed E-state index contributed by atoms with van der Waals surface area (Å²) in [7, 11) is -3.42. The van der Waals surface area contributed by atoms with Crippen LogP contribution in [0.1, 0.15) is 25.3 Å². The van der Waals surface area contributed by atoms with Crippen LogP contribution in [0.3, 0.4) is 0 Å². The van der Waals surface area contributed by atoms with Gasteiger partial charge in [-0.15, -0.1) is 11.3 Å². The molecule has 2 aliphatic rings. The SMILES string of the molecule is Cc1cccc(N2CCN(C(=O)C3CCN(S(=O)(=O)c4cccs4)CC3)C[C@@H]2C)c1. The Bertz CT molecular complexity index is 983. The summed E-state index contributed by atoms with van der Waals surface area (Å²) in [6, 6.07) is 12.1. The van der Waals surface area contributed by atoms with Crippen molar-refractivity contribution in [2.45, 2.75) is 36.9 Å². The Morgan fingerprint density at radius 2 is 1.83 bits per heavy atom. The molecule has 0 bridgehead atoms. The summed E-state index contributed by atoms with van der Waals surface area (Å²) in [6.07, 6.45) is 1.19. The smallest absolute Gasteiger partial charge is 0.252 e. The lowest BCUT2D eigenvalue weighted by Crippen LogP contribution is -2.55. The van der Waals surface area contributed by atoms with Crippen LogP contribution in [0.5, 0.6) is 0 Å². The third kappa shape index (κ3) is 4.26. The molecule has 0 N–H and O–H groups in total. The first-order chi connectivity index (χ1) is 14.4. The number of rotatable bonds is 4. The molecule has 6 nitrogen and oxygen atoms in total. The van der Waals surface area contributed by atoms with Crippen molar-refractivity contribution in [2.24, 2.45) is 5.92 Å². The number of piperidine rings is 1. The minimum absolute atomic E-state index is 0.0856. The molecule has 2 saturated heterocycles. The zero-order chi connectivity index (χ0) is 21.3. The summed E-state index contributed by atoms with van der Waals surface area (Å²) in [5.41, 5.74) is 2.45. The van der Waals surface area contributed by atoms with Crippen LogP contribution in [0, 0.1) is 12.8 Å². The molecule has 1 atom stereocenters. The predicted octanol–water partition coefficient (Wildman–Crippen LogP) is 3.19. The van der Waals surface area contributed by atoms with Gasteiger partial charge in [-0.1, -0.05) is 18.2 Å². The van der Waals surface area contributed by atoms with E-state index in [0.29, 0.717) is 43.2 Å². The lowest BCUT2D eigenvalue weighted by molar-refractivity contribution is -0.137. The second kappa shape index (κ2) is 8.69. The molecule has 8 heteroatoms. The number of carbonyl (C=O) groups excluding carboxylic acids is 1. The number of benzene rings is 1. The third-order valence-electron chi connectivity index (χ3n) is 6.16. The molecule has 162 valence electrons. The van der Waals surface area contributed by atoms with Crippen molar-refractivity contribution < 1.29 is 13.2 Å². The number of amides is 1. The van der Waals surface area contributed by atoms with Gasteiger partial charge in [-0.25, -0.2) is 8.42 Å². The summed E-state index contributed by atoms with van der Waals surface area (Å²) in [5, 5.41) is 1.78. The molecular weight excluding hydrogens is 418 g/mol. The summed E-state index contributed by atoms with van der Waals surface area (Å²) >= 11 is 1.24. The first-order valence-electron chi connectivity index (χ1n) is 10.5. The predicted molar refractivity (Wildman–Crippen MR) is 120 cm³/mol. The van der Waals surface area contributed by atoms with Gasteiger partial charge < -0.3 is 9.80 Å². The van der Waals surface area contributed by atoms with Crippen molar-refractivity contribution in [3.63, 3.8) is 0 Å². The van der Waals surface area contributed by atoms with Crippen molar-refractivity contribution in [1.29, 1.82) is 0 Å². The molecule has 0 unspecified atom stereocenters. The highest BCUT2D eigenvalue weighted by Crippen LogP contribution is 2.28. The standard InChI is InChI=1S/C22H29N3O3S2/c1-17-5-3-6-20(15-17)25-13-12-23(16-18(25)2)22(26)19-8-10-24(11-9-19)30(27,28)21-7-4-14-29-21/h3-7,14-15,18-19H,8-13,16H2,1-2H3/t18-/m0/s1. The fourth-order valence-electron chi connectivity index (χ4n) is 4.49. The number of hydrogen-bond acceptors (Lipinski definition) is 5. The Morgan fingerprint density at radius 1 is 1.07 bits per heavy atom. The normalized spacial score (nSPS) is 21.7. The quantitative estimate of drug-likeness (QED) is 0.722. The number of sulfonamides is 1. The highest BCUT2D eigenvalue weighted by atomic mass is 32.2. The van der Waals surface area contributed by atoms with Crippen LogP contribution in [0.15, 0.2) is 46.0 Å². The number of carbonyl (C=O) groups is 1. The Morgan fingerprint density at radius 3 is 2.47 bits per heavy atom. The zero-order valence-corrected chi connectivity index (χ0v) is 19.2. The van der Waals surface area contributed by atoms with E-state index in [-0.39, 0.29) is 17.9 Å². The molecule has 30 heavy (non-hydrogen) atoms. The number of aryl methyl sites for hydroxylation is 1. The lowest BCUT2D eigenvalue weighted by Gasteiger charge is -2.43. The minimum atomic E-state index is -3.42. The molecule has 2 fully saturated rings. The van der Waals surface area contributed by atoms with Crippen LogP contribution >= 0.6 is 11.3 Å². The number of hydrogen-bond donors (Lipinski definition) is 0. The van der Waals surface area contributed by atoms with Gasteiger partial charge in [0.2, 0.25) is 5.91 Å². The Labute approximate surface area is 183 Å². The molecule has 0 radical (unpaired) electrons. The van der Waals surface area contributed by atoms with Gasteiger partial charge >= 0.3 is 0 Å². The van der Waals surface area contributed by atoms with Crippen molar-refractivity contribution in [3.8, 4) is 0 Å². The first-order valence-corrected chi connectivity index (χ1v) is 12.8. The van der Waals surface area contributed by atoms with Crippen molar-refractivity contribution in [2.75, 3.05) is 37.6 Å². The summed E-state index contributed by atoms with van der Waals surface area (Å²) < 4.78 is 27.3.